The molecule has 6 heteroatoms. The summed E-state index contributed by atoms with van der Waals surface area (Å²) in [7, 11) is 0. The van der Waals surface area contributed by atoms with Crippen molar-refractivity contribution >= 4 is 16.9 Å². The van der Waals surface area contributed by atoms with Gasteiger partial charge in [-0.1, -0.05) is 36.4 Å². The minimum Gasteiger partial charge on any atom is -0.489 e. The number of carbonyl (C=O) groups is 1. The Morgan fingerprint density at radius 2 is 1.81 bits per heavy atom. The molecule has 1 atom stereocenters. The predicted octanol–water partition coefficient (Wildman–Crippen LogP) is 4.69. The van der Waals surface area contributed by atoms with Crippen molar-refractivity contribution < 1.29 is 18.7 Å². The molecule has 0 saturated carbocycles. The molecule has 4 aromatic rings. The Hall–Kier alpha value is -3.93. The van der Waals surface area contributed by atoms with E-state index < -0.39 is 5.92 Å². The summed E-state index contributed by atoms with van der Waals surface area (Å²) in [6, 6.07) is 20.7. The van der Waals surface area contributed by atoms with Gasteiger partial charge in [-0.3, -0.25) is 9.59 Å². The van der Waals surface area contributed by atoms with E-state index in [4.69, 9.17) is 9.47 Å². The molecule has 0 radical (unpaired) electrons. The third-order valence-electron chi connectivity index (χ3n) is 5.42. The van der Waals surface area contributed by atoms with Crippen LogP contribution in [0.5, 0.6) is 11.5 Å². The number of esters is 1. The number of nitrogens with one attached hydrogen (secondary N) is 1. The first-order valence-corrected chi connectivity index (χ1v) is 9.91. The van der Waals surface area contributed by atoms with E-state index in [1.165, 1.54) is 12.1 Å². The molecule has 0 spiro atoms. The largest absolute Gasteiger partial charge is 0.489 e. The summed E-state index contributed by atoms with van der Waals surface area (Å²) in [5.41, 5.74) is 2.35. The molecule has 0 amide bonds. The van der Waals surface area contributed by atoms with Gasteiger partial charge in [-0.05, 0) is 47.5 Å². The molecular formula is C25H18FNO4. The van der Waals surface area contributed by atoms with E-state index >= 15 is 0 Å². The first-order valence-electron chi connectivity index (χ1n) is 9.91. The van der Waals surface area contributed by atoms with Gasteiger partial charge in [0.2, 0.25) is 0 Å². The standard InChI is InChI=1S/C25H18FNO4/c26-17-5-3-4-15(12-17)14-30-18-10-8-16(9-11-18)20-13-22(28)31-24-19-6-1-2-7-21(19)27-25(29)23(20)24/h1-12,20H,13-14H2,(H,27,29)/t20-/m0/s1. The average Bonchev–Trinajstić information content (AvgIpc) is 2.77. The molecule has 154 valence electrons. The number of fused-ring (bicyclic) bond motifs is 3. The van der Waals surface area contributed by atoms with Gasteiger partial charge in [-0.25, -0.2) is 4.39 Å². The second-order valence-electron chi connectivity index (χ2n) is 7.46. The molecule has 0 saturated heterocycles. The molecule has 1 aliphatic heterocycles. The topological polar surface area (TPSA) is 68.4 Å². The van der Waals surface area contributed by atoms with Crippen molar-refractivity contribution in [3.8, 4) is 11.5 Å². The second kappa shape index (κ2) is 7.72. The lowest BCUT2D eigenvalue weighted by molar-refractivity contribution is -0.135. The summed E-state index contributed by atoms with van der Waals surface area (Å²) in [5.74, 6) is -0.162. The van der Waals surface area contributed by atoms with Gasteiger partial charge in [0.05, 0.1) is 17.5 Å². The summed E-state index contributed by atoms with van der Waals surface area (Å²) < 4.78 is 24.5. The summed E-state index contributed by atoms with van der Waals surface area (Å²) in [6.07, 6.45) is 0.0813. The summed E-state index contributed by atoms with van der Waals surface area (Å²) in [5, 5.41) is 0.699. The van der Waals surface area contributed by atoms with E-state index in [0.29, 0.717) is 28.0 Å². The molecule has 0 fully saturated rings. The number of pyridine rings is 1. The van der Waals surface area contributed by atoms with E-state index in [2.05, 4.69) is 4.98 Å². The first kappa shape index (κ1) is 19.1. The minimum absolute atomic E-state index is 0.0813. The highest BCUT2D eigenvalue weighted by molar-refractivity contribution is 5.91. The van der Waals surface area contributed by atoms with Crippen molar-refractivity contribution in [1.29, 1.82) is 0 Å². The Labute approximate surface area is 177 Å². The number of H-pyrrole nitrogens is 1. The van der Waals surface area contributed by atoms with Crippen molar-refractivity contribution in [3.63, 3.8) is 0 Å². The van der Waals surface area contributed by atoms with Crippen LogP contribution >= 0.6 is 0 Å². The van der Waals surface area contributed by atoms with E-state index in [1.807, 2.05) is 30.3 Å². The van der Waals surface area contributed by atoms with Gasteiger partial charge in [0, 0.05) is 11.3 Å². The Balaban J connectivity index is 1.45. The van der Waals surface area contributed by atoms with Crippen LogP contribution in [0.2, 0.25) is 0 Å². The van der Waals surface area contributed by atoms with Gasteiger partial charge in [-0.2, -0.15) is 0 Å². The van der Waals surface area contributed by atoms with Crippen LogP contribution in [-0.2, 0) is 11.4 Å². The molecule has 1 N–H and O–H groups in total. The van der Waals surface area contributed by atoms with Crippen molar-refractivity contribution in [2.24, 2.45) is 0 Å². The zero-order valence-electron chi connectivity index (χ0n) is 16.4. The Bertz CT molecular complexity index is 1340. The number of carbonyl (C=O) groups excluding carboxylic acids is 1. The van der Waals surface area contributed by atoms with Crippen LogP contribution in [0.15, 0.2) is 77.6 Å². The molecule has 0 unspecified atom stereocenters. The number of hydrogen-bond acceptors (Lipinski definition) is 4. The lowest BCUT2D eigenvalue weighted by atomic mass is 9.86. The molecule has 1 aliphatic rings. The predicted molar refractivity (Wildman–Crippen MR) is 114 cm³/mol. The fraction of sp³-hybridized carbons (Fsp3) is 0.120. The van der Waals surface area contributed by atoms with Crippen molar-refractivity contribution in [3.05, 3.63) is 106 Å². The maximum atomic E-state index is 13.3. The van der Waals surface area contributed by atoms with E-state index in [1.54, 1.807) is 30.3 Å². The van der Waals surface area contributed by atoms with E-state index in [9.17, 15) is 14.0 Å². The lowest BCUT2D eigenvalue weighted by Crippen LogP contribution is -2.28. The Morgan fingerprint density at radius 3 is 2.61 bits per heavy atom. The smallest absolute Gasteiger partial charge is 0.312 e. The van der Waals surface area contributed by atoms with Gasteiger partial charge < -0.3 is 14.5 Å². The highest BCUT2D eigenvalue weighted by Gasteiger charge is 2.32. The Kier molecular flexibility index (Phi) is 4.75. The third kappa shape index (κ3) is 3.68. The SMILES string of the molecule is O=C1C[C@@H](c2ccc(OCc3cccc(F)c3)cc2)c2c(c3ccccc3[nH]c2=O)O1. The van der Waals surface area contributed by atoms with Crippen molar-refractivity contribution in [2.75, 3.05) is 0 Å². The number of halogens is 1. The maximum Gasteiger partial charge on any atom is 0.312 e. The number of ether oxygens (including phenoxy) is 2. The van der Waals surface area contributed by atoms with E-state index in [-0.39, 0.29) is 30.4 Å². The molecule has 0 bridgehead atoms. The molecule has 31 heavy (non-hydrogen) atoms. The number of para-hydroxylation sites is 1. The van der Waals surface area contributed by atoms with Crippen LogP contribution in [0.3, 0.4) is 0 Å². The zero-order valence-corrected chi connectivity index (χ0v) is 16.4. The third-order valence-corrected chi connectivity index (χ3v) is 5.42. The monoisotopic (exact) mass is 415 g/mol. The van der Waals surface area contributed by atoms with Crippen LogP contribution in [-0.4, -0.2) is 11.0 Å². The molecule has 5 nitrogen and oxygen atoms in total. The normalized spacial score (nSPS) is 15.4. The first-order chi connectivity index (χ1) is 15.1. The maximum absolute atomic E-state index is 13.3. The average molecular weight is 415 g/mol. The van der Waals surface area contributed by atoms with Crippen LogP contribution in [0, 0.1) is 5.82 Å². The van der Waals surface area contributed by atoms with Crippen LogP contribution in [0.1, 0.15) is 29.0 Å². The van der Waals surface area contributed by atoms with Crippen LogP contribution < -0.4 is 15.0 Å². The quantitative estimate of drug-likeness (QED) is 0.491. The van der Waals surface area contributed by atoms with Gasteiger partial charge in [0.1, 0.15) is 23.9 Å². The van der Waals surface area contributed by atoms with Gasteiger partial charge >= 0.3 is 5.97 Å². The lowest BCUT2D eigenvalue weighted by Gasteiger charge is -2.25. The number of hydrogen-bond donors (Lipinski definition) is 1. The molecule has 1 aromatic heterocycles. The molecular weight excluding hydrogens is 397 g/mol. The summed E-state index contributed by atoms with van der Waals surface area (Å²) in [6.45, 7) is 0.237. The number of aromatic nitrogens is 1. The number of benzene rings is 3. The van der Waals surface area contributed by atoms with Crippen LogP contribution in [0.25, 0.3) is 10.9 Å². The highest BCUT2D eigenvalue weighted by atomic mass is 19.1. The molecule has 2 heterocycles. The van der Waals surface area contributed by atoms with Gasteiger partial charge in [0.15, 0.2) is 0 Å². The second-order valence-corrected chi connectivity index (χ2v) is 7.46. The summed E-state index contributed by atoms with van der Waals surface area (Å²) >= 11 is 0. The fourth-order valence-corrected chi connectivity index (χ4v) is 3.95. The highest BCUT2D eigenvalue weighted by Crippen LogP contribution is 2.40. The molecule has 0 aliphatic carbocycles. The Morgan fingerprint density at radius 1 is 1.00 bits per heavy atom. The van der Waals surface area contributed by atoms with E-state index in [0.717, 1.165) is 11.1 Å². The fourth-order valence-electron chi connectivity index (χ4n) is 3.95. The number of rotatable bonds is 4. The van der Waals surface area contributed by atoms with Crippen LogP contribution in [0.4, 0.5) is 4.39 Å². The summed E-state index contributed by atoms with van der Waals surface area (Å²) in [4.78, 5) is 28.0. The van der Waals surface area contributed by atoms with Crippen molar-refractivity contribution in [2.45, 2.75) is 18.9 Å². The minimum atomic E-state index is -0.415. The van der Waals surface area contributed by atoms with Gasteiger partial charge in [0.25, 0.3) is 5.56 Å². The van der Waals surface area contributed by atoms with Gasteiger partial charge in [-0.15, -0.1) is 0 Å². The number of aromatic amines is 1. The molecule has 3 aromatic carbocycles. The zero-order chi connectivity index (χ0) is 21.4. The molecule has 5 rings (SSSR count). The van der Waals surface area contributed by atoms with Crippen molar-refractivity contribution in [1.82, 2.24) is 4.98 Å².